The van der Waals surface area contributed by atoms with E-state index in [9.17, 15) is 4.79 Å². The summed E-state index contributed by atoms with van der Waals surface area (Å²) in [5.41, 5.74) is 0. The molecule has 0 aromatic heterocycles. The second kappa shape index (κ2) is 4.52. The molecule has 15 heavy (non-hydrogen) atoms. The molecule has 0 spiro atoms. The first-order valence-electron chi connectivity index (χ1n) is 6.08. The van der Waals surface area contributed by atoms with E-state index in [0.717, 1.165) is 12.6 Å². The van der Waals surface area contributed by atoms with Crippen molar-refractivity contribution in [3.63, 3.8) is 0 Å². The molecule has 3 saturated heterocycles. The summed E-state index contributed by atoms with van der Waals surface area (Å²) in [6.45, 7) is 4.35. The van der Waals surface area contributed by atoms with Gasteiger partial charge in [0.2, 0.25) is 0 Å². The van der Waals surface area contributed by atoms with Crippen LogP contribution in [0.25, 0.3) is 0 Å². The SMILES string of the molecule is CCCC1CC2CCN1CC2C(=O)OC. The Morgan fingerprint density at radius 3 is 2.87 bits per heavy atom. The Kier molecular flexibility index (Phi) is 3.29. The van der Waals surface area contributed by atoms with Crippen LogP contribution in [-0.2, 0) is 9.53 Å². The second-order valence-corrected chi connectivity index (χ2v) is 4.85. The Bertz CT molecular complexity index is 242. The van der Waals surface area contributed by atoms with Crippen molar-refractivity contribution in [2.75, 3.05) is 20.2 Å². The molecule has 0 aliphatic carbocycles. The van der Waals surface area contributed by atoms with Crippen LogP contribution in [0.1, 0.15) is 32.6 Å². The van der Waals surface area contributed by atoms with E-state index < -0.39 is 0 Å². The predicted octanol–water partition coefficient (Wildman–Crippen LogP) is 1.67. The molecule has 4 unspecified atom stereocenters. The van der Waals surface area contributed by atoms with Gasteiger partial charge in [0.1, 0.15) is 0 Å². The van der Waals surface area contributed by atoms with Crippen molar-refractivity contribution < 1.29 is 9.53 Å². The van der Waals surface area contributed by atoms with E-state index in [4.69, 9.17) is 4.74 Å². The number of carbonyl (C=O) groups excluding carboxylic acids is 1. The van der Waals surface area contributed by atoms with E-state index in [1.165, 1.54) is 39.3 Å². The number of esters is 1. The number of rotatable bonds is 3. The third kappa shape index (κ3) is 2.03. The maximum atomic E-state index is 11.6. The fourth-order valence-electron chi connectivity index (χ4n) is 3.19. The lowest BCUT2D eigenvalue weighted by molar-refractivity contribution is -0.154. The molecule has 86 valence electrons. The normalized spacial score (nSPS) is 39.1. The summed E-state index contributed by atoms with van der Waals surface area (Å²) in [6.07, 6.45) is 4.91. The van der Waals surface area contributed by atoms with Crippen LogP contribution in [0.4, 0.5) is 0 Å². The van der Waals surface area contributed by atoms with E-state index >= 15 is 0 Å². The summed E-state index contributed by atoms with van der Waals surface area (Å²) in [4.78, 5) is 14.1. The number of fused-ring (bicyclic) bond motifs is 3. The molecule has 3 aliphatic rings. The number of nitrogens with zero attached hydrogens (tertiary/aromatic N) is 1. The molecule has 3 heteroatoms. The highest BCUT2D eigenvalue weighted by atomic mass is 16.5. The van der Waals surface area contributed by atoms with E-state index in [1.807, 2.05) is 0 Å². The highest BCUT2D eigenvalue weighted by molar-refractivity contribution is 5.73. The van der Waals surface area contributed by atoms with Gasteiger partial charge in [-0.05, 0) is 31.7 Å². The van der Waals surface area contributed by atoms with Crippen LogP contribution < -0.4 is 0 Å². The molecule has 3 aliphatic heterocycles. The molecule has 4 atom stereocenters. The lowest BCUT2D eigenvalue weighted by atomic mass is 9.75. The number of carbonyl (C=O) groups is 1. The standard InChI is InChI=1S/C12H21NO2/c1-3-4-10-7-9-5-6-13(10)8-11(9)12(14)15-2/h9-11H,3-8H2,1-2H3. The lowest BCUT2D eigenvalue weighted by Crippen LogP contribution is -2.55. The molecular weight excluding hydrogens is 190 g/mol. The van der Waals surface area contributed by atoms with Gasteiger partial charge in [-0.15, -0.1) is 0 Å². The minimum atomic E-state index is -0.000325. The first-order valence-corrected chi connectivity index (χ1v) is 6.08. The minimum absolute atomic E-state index is 0.000325. The second-order valence-electron chi connectivity index (χ2n) is 4.85. The molecule has 0 saturated carbocycles. The zero-order valence-corrected chi connectivity index (χ0v) is 9.74. The molecule has 0 amide bonds. The first kappa shape index (κ1) is 10.9. The van der Waals surface area contributed by atoms with Gasteiger partial charge in [0.05, 0.1) is 13.0 Å². The highest BCUT2D eigenvalue weighted by Gasteiger charge is 2.43. The number of ether oxygens (including phenoxy) is 1. The molecule has 0 radical (unpaired) electrons. The van der Waals surface area contributed by atoms with Crippen LogP contribution in [0.5, 0.6) is 0 Å². The van der Waals surface area contributed by atoms with Crippen LogP contribution in [0.2, 0.25) is 0 Å². The van der Waals surface area contributed by atoms with Gasteiger partial charge >= 0.3 is 5.97 Å². The Morgan fingerprint density at radius 2 is 2.33 bits per heavy atom. The van der Waals surface area contributed by atoms with Crippen molar-refractivity contribution in [1.29, 1.82) is 0 Å². The number of methoxy groups -OCH3 is 1. The predicted molar refractivity (Wildman–Crippen MR) is 58.5 cm³/mol. The van der Waals surface area contributed by atoms with Gasteiger partial charge in [0.15, 0.2) is 0 Å². The highest BCUT2D eigenvalue weighted by Crippen LogP contribution is 2.38. The number of hydrogen-bond donors (Lipinski definition) is 0. The smallest absolute Gasteiger partial charge is 0.310 e. The minimum Gasteiger partial charge on any atom is -0.469 e. The fraction of sp³-hybridized carbons (Fsp3) is 0.917. The molecule has 2 bridgehead atoms. The first-order chi connectivity index (χ1) is 7.26. The van der Waals surface area contributed by atoms with Gasteiger partial charge in [0.25, 0.3) is 0 Å². The fourth-order valence-corrected chi connectivity index (χ4v) is 3.19. The van der Waals surface area contributed by atoms with Gasteiger partial charge in [-0.1, -0.05) is 13.3 Å². The Balaban J connectivity index is 1.99. The summed E-state index contributed by atoms with van der Waals surface area (Å²) >= 11 is 0. The topological polar surface area (TPSA) is 29.5 Å². The van der Waals surface area contributed by atoms with Gasteiger partial charge < -0.3 is 4.74 Å². The van der Waals surface area contributed by atoms with E-state index in [0.29, 0.717) is 5.92 Å². The van der Waals surface area contributed by atoms with Crippen molar-refractivity contribution in [3.05, 3.63) is 0 Å². The van der Waals surface area contributed by atoms with Gasteiger partial charge in [0, 0.05) is 12.6 Å². The Hall–Kier alpha value is -0.570. The van der Waals surface area contributed by atoms with Crippen LogP contribution >= 0.6 is 0 Å². The van der Waals surface area contributed by atoms with Crippen molar-refractivity contribution in [2.45, 2.75) is 38.6 Å². The molecule has 0 aromatic rings. The molecule has 0 aromatic carbocycles. The summed E-state index contributed by atoms with van der Waals surface area (Å²) in [5, 5.41) is 0. The third-order valence-electron chi connectivity index (χ3n) is 4.00. The van der Waals surface area contributed by atoms with E-state index in [2.05, 4.69) is 11.8 Å². The van der Waals surface area contributed by atoms with Crippen LogP contribution in [0, 0.1) is 11.8 Å². The molecule has 3 nitrogen and oxygen atoms in total. The molecule has 0 N–H and O–H groups in total. The molecule has 3 heterocycles. The largest absolute Gasteiger partial charge is 0.469 e. The average Bonchev–Trinajstić information content (AvgIpc) is 2.29. The van der Waals surface area contributed by atoms with E-state index in [-0.39, 0.29) is 11.9 Å². The van der Waals surface area contributed by atoms with Crippen LogP contribution in [0.15, 0.2) is 0 Å². The average molecular weight is 211 g/mol. The lowest BCUT2D eigenvalue weighted by Gasteiger charge is -2.48. The maximum Gasteiger partial charge on any atom is 0.310 e. The van der Waals surface area contributed by atoms with E-state index in [1.54, 1.807) is 0 Å². The third-order valence-corrected chi connectivity index (χ3v) is 4.00. The monoisotopic (exact) mass is 211 g/mol. The Morgan fingerprint density at radius 1 is 1.53 bits per heavy atom. The maximum absolute atomic E-state index is 11.6. The Labute approximate surface area is 91.8 Å². The summed E-state index contributed by atoms with van der Waals surface area (Å²) in [5.74, 6) is 0.732. The van der Waals surface area contributed by atoms with Crippen molar-refractivity contribution >= 4 is 5.97 Å². The zero-order chi connectivity index (χ0) is 10.8. The number of piperidine rings is 3. The van der Waals surface area contributed by atoms with Crippen molar-refractivity contribution in [2.24, 2.45) is 11.8 Å². The van der Waals surface area contributed by atoms with Gasteiger partial charge in [-0.3, -0.25) is 9.69 Å². The number of hydrogen-bond acceptors (Lipinski definition) is 3. The van der Waals surface area contributed by atoms with Crippen molar-refractivity contribution in [1.82, 2.24) is 4.90 Å². The molecule has 3 fully saturated rings. The van der Waals surface area contributed by atoms with Gasteiger partial charge in [-0.25, -0.2) is 0 Å². The summed E-state index contributed by atoms with van der Waals surface area (Å²) in [6, 6.07) is 0.731. The molecule has 3 rings (SSSR count). The quantitative estimate of drug-likeness (QED) is 0.665. The van der Waals surface area contributed by atoms with Crippen molar-refractivity contribution in [3.8, 4) is 0 Å². The summed E-state index contributed by atoms with van der Waals surface area (Å²) in [7, 11) is 1.50. The van der Waals surface area contributed by atoms with Crippen LogP contribution in [0.3, 0.4) is 0 Å². The molecular formula is C12H21NO2. The van der Waals surface area contributed by atoms with Crippen LogP contribution in [-0.4, -0.2) is 37.1 Å². The summed E-state index contributed by atoms with van der Waals surface area (Å²) < 4.78 is 4.87. The zero-order valence-electron chi connectivity index (χ0n) is 9.74. The van der Waals surface area contributed by atoms with Gasteiger partial charge in [-0.2, -0.15) is 0 Å².